The van der Waals surface area contributed by atoms with Gasteiger partial charge in [-0.2, -0.15) is 0 Å². The fourth-order valence-corrected chi connectivity index (χ4v) is 3.01. The Kier molecular flexibility index (Phi) is 3.26. The van der Waals surface area contributed by atoms with Crippen LogP contribution in [0.15, 0.2) is 47.5 Å². The summed E-state index contributed by atoms with van der Waals surface area (Å²) in [5.41, 5.74) is 3.36. The number of aryl methyl sites for hydroxylation is 1. The van der Waals surface area contributed by atoms with Gasteiger partial charge in [-0.05, 0) is 37.3 Å². The average molecular weight is 325 g/mol. The molecule has 24 heavy (non-hydrogen) atoms. The molecule has 0 bridgehead atoms. The molecule has 1 aromatic carbocycles. The normalized spacial score (nSPS) is 14.8. The molecule has 122 valence electrons. The van der Waals surface area contributed by atoms with Crippen LogP contribution in [0.1, 0.15) is 15.9 Å². The highest BCUT2D eigenvalue weighted by Crippen LogP contribution is 2.20. The SMILES string of the molecule is Cc1cn(-c2ccc(C(=O)N3CC(F)C3)cc2)c2cc[nH]c2c1=O. The second kappa shape index (κ2) is 5.33. The number of aromatic nitrogens is 2. The first-order valence-corrected chi connectivity index (χ1v) is 7.78. The molecular weight excluding hydrogens is 309 g/mol. The Hall–Kier alpha value is -2.89. The van der Waals surface area contributed by atoms with Crippen LogP contribution in [0.3, 0.4) is 0 Å². The third kappa shape index (κ3) is 2.22. The summed E-state index contributed by atoms with van der Waals surface area (Å²) in [7, 11) is 0. The number of fused-ring (bicyclic) bond motifs is 1. The summed E-state index contributed by atoms with van der Waals surface area (Å²) >= 11 is 0. The van der Waals surface area contributed by atoms with Crippen molar-refractivity contribution in [1.29, 1.82) is 0 Å². The molecule has 0 unspecified atom stereocenters. The number of nitrogens with zero attached hydrogens (tertiary/aromatic N) is 2. The standard InChI is InChI=1S/C18H16FN3O2/c1-11-8-22(15-6-7-20-16(15)17(11)23)14-4-2-12(3-5-14)18(24)21-9-13(19)10-21/h2-8,13,20H,9-10H2,1H3. The van der Waals surface area contributed by atoms with Gasteiger partial charge in [-0.25, -0.2) is 4.39 Å². The van der Waals surface area contributed by atoms with Crippen LogP contribution in [0.4, 0.5) is 4.39 Å². The fraction of sp³-hybridized carbons (Fsp3) is 0.222. The first-order chi connectivity index (χ1) is 11.5. The highest BCUT2D eigenvalue weighted by atomic mass is 19.1. The first kappa shape index (κ1) is 14.7. The Labute approximate surface area is 137 Å². The van der Waals surface area contributed by atoms with Crippen molar-refractivity contribution in [2.24, 2.45) is 0 Å². The largest absolute Gasteiger partial charge is 0.357 e. The monoisotopic (exact) mass is 325 g/mol. The van der Waals surface area contributed by atoms with E-state index in [1.165, 1.54) is 4.90 Å². The lowest BCUT2D eigenvalue weighted by Gasteiger charge is -2.34. The van der Waals surface area contributed by atoms with Gasteiger partial charge in [0.25, 0.3) is 5.91 Å². The molecule has 1 amide bonds. The number of hydrogen-bond donors (Lipinski definition) is 1. The molecule has 0 aliphatic carbocycles. The molecule has 0 atom stereocenters. The van der Waals surface area contributed by atoms with E-state index in [-0.39, 0.29) is 24.4 Å². The van der Waals surface area contributed by atoms with Gasteiger partial charge in [0.2, 0.25) is 5.43 Å². The molecule has 0 radical (unpaired) electrons. The van der Waals surface area contributed by atoms with Crippen molar-refractivity contribution in [2.45, 2.75) is 13.1 Å². The minimum Gasteiger partial charge on any atom is -0.357 e. The number of H-pyrrole nitrogens is 1. The van der Waals surface area contributed by atoms with Crippen LogP contribution in [0.25, 0.3) is 16.7 Å². The minimum absolute atomic E-state index is 0.0170. The minimum atomic E-state index is -0.903. The number of rotatable bonds is 2. The van der Waals surface area contributed by atoms with Gasteiger partial charge in [0.15, 0.2) is 0 Å². The number of benzene rings is 1. The number of amides is 1. The fourth-order valence-electron chi connectivity index (χ4n) is 3.01. The lowest BCUT2D eigenvalue weighted by Crippen LogP contribution is -2.51. The number of halogens is 1. The Morgan fingerprint density at radius 2 is 1.92 bits per heavy atom. The van der Waals surface area contributed by atoms with Gasteiger partial charge < -0.3 is 14.5 Å². The number of aromatic amines is 1. The molecule has 1 saturated heterocycles. The maximum Gasteiger partial charge on any atom is 0.254 e. The van der Waals surface area contributed by atoms with Gasteiger partial charge in [0.1, 0.15) is 11.7 Å². The summed E-state index contributed by atoms with van der Waals surface area (Å²) in [5, 5.41) is 0. The molecule has 6 heteroatoms. The molecule has 0 saturated carbocycles. The predicted molar refractivity (Wildman–Crippen MR) is 89.4 cm³/mol. The van der Waals surface area contributed by atoms with Crippen LogP contribution < -0.4 is 5.43 Å². The van der Waals surface area contributed by atoms with Crippen LogP contribution in [0, 0.1) is 6.92 Å². The van der Waals surface area contributed by atoms with E-state index < -0.39 is 6.17 Å². The van der Waals surface area contributed by atoms with Crippen LogP contribution in [0.2, 0.25) is 0 Å². The smallest absolute Gasteiger partial charge is 0.254 e. The van der Waals surface area contributed by atoms with Crippen molar-refractivity contribution in [3.63, 3.8) is 0 Å². The van der Waals surface area contributed by atoms with E-state index in [0.717, 1.165) is 11.2 Å². The molecule has 4 rings (SSSR count). The zero-order valence-electron chi connectivity index (χ0n) is 13.1. The van der Waals surface area contributed by atoms with Gasteiger partial charge in [0.05, 0.1) is 18.6 Å². The van der Waals surface area contributed by atoms with Crippen molar-refractivity contribution in [2.75, 3.05) is 13.1 Å². The Bertz CT molecular complexity index is 982. The van der Waals surface area contributed by atoms with Gasteiger partial charge in [-0.3, -0.25) is 9.59 Å². The van der Waals surface area contributed by atoms with Crippen molar-refractivity contribution in [3.05, 3.63) is 64.1 Å². The Balaban J connectivity index is 1.71. The number of carbonyl (C=O) groups is 1. The highest BCUT2D eigenvalue weighted by Gasteiger charge is 2.30. The summed E-state index contributed by atoms with van der Waals surface area (Å²) in [6.07, 6.45) is 2.62. The van der Waals surface area contributed by atoms with Crippen molar-refractivity contribution < 1.29 is 9.18 Å². The van der Waals surface area contributed by atoms with E-state index in [0.29, 0.717) is 16.6 Å². The van der Waals surface area contributed by atoms with Gasteiger partial charge in [0, 0.05) is 29.2 Å². The number of pyridine rings is 1. The maximum atomic E-state index is 12.9. The zero-order chi connectivity index (χ0) is 16.8. The van der Waals surface area contributed by atoms with E-state index in [1.807, 2.05) is 22.8 Å². The third-order valence-corrected chi connectivity index (χ3v) is 4.41. The number of carbonyl (C=O) groups excluding carboxylic acids is 1. The number of alkyl halides is 1. The van der Waals surface area contributed by atoms with Crippen LogP contribution in [-0.4, -0.2) is 39.6 Å². The highest BCUT2D eigenvalue weighted by molar-refractivity contribution is 5.95. The molecule has 2 aromatic heterocycles. The summed E-state index contributed by atoms with van der Waals surface area (Å²) in [5.74, 6) is -0.154. The third-order valence-electron chi connectivity index (χ3n) is 4.41. The second-order valence-electron chi connectivity index (χ2n) is 6.10. The summed E-state index contributed by atoms with van der Waals surface area (Å²) < 4.78 is 14.8. The Morgan fingerprint density at radius 1 is 1.21 bits per heavy atom. The first-order valence-electron chi connectivity index (χ1n) is 7.78. The summed E-state index contributed by atoms with van der Waals surface area (Å²) in [6.45, 7) is 2.11. The molecule has 3 aromatic rings. The molecule has 5 nitrogen and oxygen atoms in total. The lowest BCUT2D eigenvalue weighted by atomic mass is 10.1. The van der Waals surface area contributed by atoms with E-state index >= 15 is 0 Å². The van der Waals surface area contributed by atoms with E-state index in [9.17, 15) is 14.0 Å². The number of likely N-dealkylation sites (tertiary alicyclic amines) is 1. The van der Waals surface area contributed by atoms with Crippen molar-refractivity contribution in [3.8, 4) is 5.69 Å². The average Bonchev–Trinajstić information content (AvgIpc) is 3.05. The van der Waals surface area contributed by atoms with E-state index in [4.69, 9.17) is 0 Å². The molecule has 1 aliphatic rings. The molecule has 1 fully saturated rings. The summed E-state index contributed by atoms with van der Waals surface area (Å²) in [4.78, 5) is 28.8. The summed E-state index contributed by atoms with van der Waals surface area (Å²) in [6, 6.07) is 8.97. The van der Waals surface area contributed by atoms with Gasteiger partial charge >= 0.3 is 0 Å². The number of hydrogen-bond acceptors (Lipinski definition) is 2. The van der Waals surface area contributed by atoms with Gasteiger partial charge in [-0.15, -0.1) is 0 Å². The lowest BCUT2D eigenvalue weighted by molar-refractivity contribution is 0.0400. The van der Waals surface area contributed by atoms with E-state index in [1.54, 1.807) is 31.5 Å². The quantitative estimate of drug-likeness (QED) is 0.787. The molecular formula is C18H16FN3O2. The number of nitrogens with one attached hydrogen (secondary N) is 1. The predicted octanol–water partition coefficient (Wildman–Crippen LogP) is 2.42. The molecule has 1 N–H and O–H groups in total. The van der Waals surface area contributed by atoms with Crippen molar-refractivity contribution in [1.82, 2.24) is 14.5 Å². The van der Waals surface area contributed by atoms with Crippen LogP contribution in [-0.2, 0) is 0 Å². The molecule has 0 spiro atoms. The van der Waals surface area contributed by atoms with Crippen molar-refractivity contribution >= 4 is 16.9 Å². The zero-order valence-corrected chi connectivity index (χ0v) is 13.1. The van der Waals surface area contributed by atoms with Crippen LogP contribution >= 0.6 is 0 Å². The second-order valence-corrected chi connectivity index (χ2v) is 6.10. The van der Waals surface area contributed by atoms with E-state index in [2.05, 4.69) is 4.98 Å². The molecule has 1 aliphatic heterocycles. The maximum absolute atomic E-state index is 12.9. The van der Waals surface area contributed by atoms with Gasteiger partial charge in [-0.1, -0.05) is 0 Å². The molecule has 3 heterocycles. The topological polar surface area (TPSA) is 58.1 Å². The Morgan fingerprint density at radius 3 is 2.58 bits per heavy atom. The van der Waals surface area contributed by atoms with Crippen LogP contribution in [0.5, 0.6) is 0 Å².